The number of nitrogens with zero attached hydrogens (tertiary/aromatic N) is 3. The second-order valence-corrected chi connectivity index (χ2v) is 9.37. The van der Waals surface area contributed by atoms with Crippen molar-refractivity contribution in [3.05, 3.63) is 52.8 Å². The number of aromatic nitrogens is 1. The van der Waals surface area contributed by atoms with Crippen molar-refractivity contribution in [2.75, 3.05) is 7.11 Å². The predicted octanol–water partition coefficient (Wildman–Crippen LogP) is 4.54. The number of rotatable bonds is 2. The van der Waals surface area contributed by atoms with Crippen LogP contribution in [0.4, 0.5) is 0 Å². The fourth-order valence-corrected chi connectivity index (χ4v) is 5.92. The van der Waals surface area contributed by atoms with Crippen LogP contribution in [0.3, 0.4) is 0 Å². The van der Waals surface area contributed by atoms with E-state index in [1.165, 1.54) is 11.1 Å². The molecule has 1 saturated carbocycles. The highest BCUT2D eigenvalue weighted by atomic mass is 16.5. The molecule has 0 radical (unpaired) electrons. The molecular formula is C27H30N4O. The second-order valence-electron chi connectivity index (χ2n) is 9.37. The first-order chi connectivity index (χ1) is 15.4. The number of pyridine rings is 1. The van der Waals surface area contributed by atoms with Crippen molar-refractivity contribution < 1.29 is 4.74 Å². The molecule has 1 aromatic heterocycles. The van der Waals surface area contributed by atoms with E-state index in [1.54, 1.807) is 0 Å². The number of fused-ring (bicyclic) bond motifs is 3. The van der Waals surface area contributed by atoms with E-state index in [1.807, 2.05) is 33.4 Å². The Hall–Kier alpha value is -2.97. The first kappa shape index (κ1) is 20.9. The molecule has 2 N–H and O–H groups in total. The molecule has 3 aliphatic rings. The second kappa shape index (κ2) is 7.56. The van der Waals surface area contributed by atoms with E-state index in [9.17, 15) is 0 Å². The van der Waals surface area contributed by atoms with Gasteiger partial charge in [0.15, 0.2) is 5.66 Å². The van der Waals surface area contributed by atoms with Crippen molar-refractivity contribution in [2.24, 2.45) is 21.1 Å². The lowest BCUT2D eigenvalue weighted by Gasteiger charge is -2.44. The monoisotopic (exact) mass is 426 g/mol. The van der Waals surface area contributed by atoms with Gasteiger partial charge in [0.05, 0.1) is 11.8 Å². The fourth-order valence-electron chi connectivity index (χ4n) is 5.92. The average Bonchev–Trinajstić information content (AvgIpc) is 3.23. The molecule has 2 heterocycles. The lowest BCUT2D eigenvalue weighted by atomic mass is 9.65. The Morgan fingerprint density at radius 3 is 2.56 bits per heavy atom. The highest BCUT2D eigenvalue weighted by Gasteiger charge is 2.60. The van der Waals surface area contributed by atoms with E-state index in [0.717, 1.165) is 60.1 Å². The summed E-state index contributed by atoms with van der Waals surface area (Å²) in [7, 11) is 1.81. The third-order valence-corrected chi connectivity index (χ3v) is 7.75. The number of amidine groups is 1. The summed E-state index contributed by atoms with van der Waals surface area (Å²) >= 11 is 0. The molecule has 5 nitrogen and oxygen atoms in total. The van der Waals surface area contributed by atoms with Crippen LogP contribution in [0, 0.1) is 24.2 Å². The molecule has 0 saturated heterocycles. The van der Waals surface area contributed by atoms with Crippen molar-refractivity contribution in [3.63, 3.8) is 0 Å². The van der Waals surface area contributed by atoms with Crippen LogP contribution in [-0.2, 0) is 16.8 Å². The van der Waals surface area contributed by atoms with Crippen LogP contribution < -0.4 is 5.73 Å². The Kier molecular flexibility index (Phi) is 4.94. The van der Waals surface area contributed by atoms with Crippen LogP contribution in [0.5, 0.6) is 0 Å². The Morgan fingerprint density at radius 2 is 1.91 bits per heavy atom. The van der Waals surface area contributed by atoms with Gasteiger partial charge in [0.2, 0.25) is 0 Å². The molecule has 1 unspecified atom stereocenters. The van der Waals surface area contributed by atoms with Gasteiger partial charge in [-0.2, -0.15) is 0 Å². The maximum atomic E-state index is 6.33. The van der Waals surface area contributed by atoms with Crippen molar-refractivity contribution in [3.8, 4) is 23.0 Å². The molecule has 5 rings (SSSR count). The van der Waals surface area contributed by atoms with Gasteiger partial charge in [-0.1, -0.05) is 18.1 Å². The normalized spacial score (nSPS) is 28.3. The minimum atomic E-state index is -0.632. The summed E-state index contributed by atoms with van der Waals surface area (Å²) in [5, 5.41) is 0. The Balaban J connectivity index is 1.66. The predicted molar refractivity (Wildman–Crippen MR) is 129 cm³/mol. The van der Waals surface area contributed by atoms with Crippen LogP contribution in [0.2, 0.25) is 0 Å². The van der Waals surface area contributed by atoms with Crippen molar-refractivity contribution >= 4 is 11.5 Å². The molecule has 0 bridgehead atoms. The zero-order valence-corrected chi connectivity index (χ0v) is 19.3. The van der Waals surface area contributed by atoms with Gasteiger partial charge in [-0.25, -0.2) is 4.99 Å². The van der Waals surface area contributed by atoms with E-state index in [4.69, 9.17) is 20.5 Å². The van der Waals surface area contributed by atoms with Crippen molar-refractivity contribution in [1.29, 1.82) is 0 Å². The van der Waals surface area contributed by atoms with Crippen LogP contribution >= 0.6 is 0 Å². The van der Waals surface area contributed by atoms with Gasteiger partial charge in [-0.3, -0.25) is 9.98 Å². The summed E-state index contributed by atoms with van der Waals surface area (Å²) in [5.74, 6) is 6.73. The van der Waals surface area contributed by atoms with Crippen LogP contribution in [0.1, 0.15) is 61.8 Å². The molecule has 2 aliphatic carbocycles. The van der Waals surface area contributed by atoms with Gasteiger partial charge in [0.1, 0.15) is 5.84 Å². The smallest absolute Gasteiger partial charge is 0.184 e. The van der Waals surface area contributed by atoms with Gasteiger partial charge in [0, 0.05) is 41.6 Å². The number of nitrogens with two attached hydrogens (primary N) is 1. The largest absolute Gasteiger partial charge is 0.382 e. The third-order valence-electron chi connectivity index (χ3n) is 7.75. The van der Waals surface area contributed by atoms with Gasteiger partial charge in [-0.15, -0.1) is 5.92 Å². The molecule has 2 aromatic rings. The Labute approximate surface area is 190 Å². The van der Waals surface area contributed by atoms with Gasteiger partial charge in [0.25, 0.3) is 0 Å². The molecule has 0 amide bonds. The number of hydrogen-bond donors (Lipinski definition) is 1. The molecule has 164 valence electrons. The summed E-state index contributed by atoms with van der Waals surface area (Å²) in [4.78, 5) is 14.7. The standard InChI is InChI=1S/C27H30N4O/c1-5-6-21-15-29-16-23(17(21)2)19-7-8-20-14-26(11-9-22(32-4)10-12-26)27(24(20)13-19)30-18(3)25(28)31-27/h7-8,13,15-16,22H,9-12,14H2,1-4H3,(H2,28,31)/t22-,26-,27?. The molecule has 32 heavy (non-hydrogen) atoms. The summed E-state index contributed by atoms with van der Waals surface area (Å²) in [6, 6.07) is 6.74. The van der Waals surface area contributed by atoms with Crippen LogP contribution in [0.25, 0.3) is 11.1 Å². The van der Waals surface area contributed by atoms with Crippen molar-refractivity contribution in [2.45, 2.75) is 64.6 Å². The van der Waals surface area contributed by atoms with Gasteiger partial charge >= 0.3 is 0 Å². The third kappa shape index (κ3) is 2.93. The van der Waals surface area contributed by atoms with E-state index in [0.29, 0.717) is 11.9 Å². The minimum Gasteiger partial charge on any atom is -0.382 e. The molecule has 5 heteroatoms. The lowest BCUT2D eigenvalue weighted by molar-refractivity contribution is -0.000372. The minimum absolute atomic E-state index is 0.0474. The zero-order valence-electron chi connectivity index (χ0n) is 19.3. The molecule has 1 aromatic carbocycles. The van der Waals surface area contributed by atoms with E-state index in [2.05, 4.69) is 41.9 Å². The van der Waals surface area contributed by atoms with Crippen molar-refractivity contribution in [1.82, 2.24) is 4.98 Å². The SMILES string of the molecule is CC#Cc1cncc(-c2ccc3c(c2)C2(N=C(C)C(N)=N2)[C@]2(CC[C@H](OC)CC2)C3)c1C. The number of hydrogen-bond acceptors (Lipinski definition) is 5. The molecule has 1 fully saturated rings. The van der Waals surface area contributed by atoms with Crippen LogP contribution in [-0.4, -0.2) is 29.7 Å². The molecule has 1 aliphatic heterocycles. The summed E-state index contributed by atoms with van der Waals surface area (Å²) in [6.07, 6.45) is 9.19. The van der Waals surface area contributed by atoms with E-state index < -0.39 is 5.66 Å². The van der Waals surface area contributed by atoms with E-state index >= 15 is 0 Å². The quantitative estimate of drug-likeness (QED) is 0.717. The number of ether oxygens (including phenoxy) is 1. The molecule has 1 atom stereocenters. The average molecular weight is 427 g/mol. The number of benzene rings is 1. The summed E-state index contributed by atoms with van der Waals surface area (Å²) < 4.78 is 5.67. The Bertz CT molecular complexity index is 1190. The fraction of sp³-hybridized carbons (Fsp3) is 0.444. The molecular weight excluding hydrogens is 396 g/mol. The lowest BCUT2D eigenvalue weighted by Crippen LogP contribution is -2.43. The summed E-state index contributed by atoms with van der Waals surface area (Å²) in [6.45, 7) is 5.94. The van der Waals surface area contributed by atoms with Crippen LogP contribution in [0.15, 0.2) is 40.6 Å². The van der Waals surface area contributed by atoms with Gasteiger partial charge in [-0.05, 0) is 75.6 Å². The maximum Gasteiger partial charge on any atom is 0.184 e. The highest BCUT2D eigenvalue weighted by molar-refractivity contribution is 6.41. The summed E-state index contributed by atoms with van der Waals surface area (Å²) in [5.41, 5.74) is 13.3. The Morgan fingerprint density at radius 1 is 1.12 bits per heavy atom. The number of methoxy groups -OCH3 is 1. The first-order valence-electron chi connectivity index (χ1n) is 11.4. The zero-order chi connectivity index (χ0) is 22.5. The maximum absolute atomic E-state index is 6.33. The highest BCUT2D eigenvalue weighted by Crippen LogP contribution is 2.62. The first-order valence-corrected chi connectivity index (χ1v) is 11.4. The molecule has 2 spiro atoms. The number of aliphatic imine (C=N–C) groups is 2. The van der Waals surface area contributed by atoms with E-state index in [-0.39, 0.29) is 5.41 Å². The van der Waals surface area contributed by atoms with Gasteiger partial charge < -0.3 is 10.5 Å². The topological polar surface area (TPSA) is 72.9 Å².